The van der Waals surface area contributed by atoms with Crippen LogP contribution in [0, 0.1) is 17.0 Å². The number of aromatic nitrogens is 1. The molecule has 94 valence electrons. The van der Waals surface area contributed by atoms with Crippen LogP contribution in [0.5, 0.6) is 0 Å². The maximum atomic E-state index is 10.8. The van der Waals surface area contributed by atoms with Gasteiger partial charge in [0, 0.05) is 17.3 Å². The number of anilines is 1. The molecule has 0 aromatic carbocycles. The van der Waals surface area contributed by atoms with Crippen molar-refractivity contribution in [3.05, 3.63) is 27.9 Å². The van der Waals surface area contributed by atoms with Crippen molar-refractivity contribution in [2.75, 3.05) is 5.32 Å². The van der Waals surface area contributed by atoms with Gasteiger partial charge in [0.25, 0.3) is 5.69 Å². The summed E-state index contributed by atoms with van der Waals surface area (Å²) in [6, 6.07) is 1.49. The molecule has 0 aliphatic heterocycles. The predicted molar refractivity (Wildman–Crippen MR) is 68.2 cm³/mol. The van der Waals surface area contributed by atoms with Crippen LogP contribution in [-0.2, 0) is 0 Å². The molecular weight excluding hydrogens is 218 g/mol. The smallest absolute Gasteiger partial charge is 0.277 e. The van der Waals surface area contributed by atoms with Gasteiger partial charge in [-0.15, -0.1) is 0 Å². The molecule has 1 heterocycles. The average Bonchev–Trinajstić information content (AvgIpc) is 2.20. The largest absolute Gasteiger partial charge is 0.365 e. The molecule has 0 unspecified atom stereocenters. The molecule has 0 saturated heterocycles. The van der Waals surface area contributed by atoms with E-state index in [4.69, 9.17) is 0 Å². The molecule has 5 nitrogen and oxygen atoms in total. The second-order valence-electron chi connectivity index (χ2n) is 4.87. The fourth-order valence-corrected chi connectivity index (χ4v) is 1.81. The van der Waals surface area contributed by atoms with Gasteiger partial charge in [0.2, 0.25) is 0 Å². The molecule has 0 fully saturated rings. The van der Waals surface area contributed by atoms with Crippen molar-refractivity contribution in [2.45, 2.75) is 46.1 Å². The van der Waals surface area contributed by atoms with Gasteiger partial charge in [-0.2, -0.15) is 0 Å². The molecule has 5 heteroatoms. The summed E-state index contributed by atoms with van der Waals surface area (Å²) in [7, 11) is 0. The zero-order chi connectivity index (χ0) is 13.1. The van der Waals surface area contributed by atoms with Crippen molar-refractivity contribution in [3.63, 3.8) is 0 Å². The Bertz CT molecular complexity index is 416. The van der Waals surface area contributed by atoms with Gasteiger partial charge in [0.05, 0.1) is 11.0 Å². The number of pyridine rings is 1. The molecule has 0 aliphatic carbocycles. The number of nitro groups is 1. The van der Waals surface area contributed by atoms with Gasteiger partial charge in [-0.3, -0.25) is 10.1 Å². The highest BCUT2D eigenvalue weighted by Crippen LogP contribution is 2.23. The number of nitrogens with zero attached hydrogens (tertiary/aromatic N) is 2. The Morgan fingerprint density at radius 3 is 2.71 bits per heavy atom. The van der Waals surface area contributed by atoms with E-state index in [2.05, 4.69) is 31.1 Å². The summed E-state index contributed by atoms with van der Waals surface area (Å²) in [5.41, 5.74) is 0.578. The third-order valence-electron chi connectivity index (χ3n) is 2.61. The van der Waals surface area contributed by atoms with E-state index in [9.17, 15) is 10.1 Å². The highest BCUT2D eigenvalue weighted by atomic mass is 16.6. The van der Waals surface area contributed by atoms with E-state index in [0.717, 1.165) is 12.8 Å². The van der Waals surface area contributed by atoms with Crippen LogP contribution in [0.2, 0.25) is 0 Å². The fourth-order valence-electron chi connectivity index (χ4n) is 1.81. The number of hydrogen-bond acceptors (Lipinski definition) is 4. The Labute approximate surface area is 101 Å². The summed E-state index contributed by atoms with van der Waals surface area (Å²) < 4.78 is 0. The molecule has 0 saturated carbocycles. The first-order valence-corrected chi connectivity index (χ1v) is 5.75. The van der Waals surface area contributed by atoms with Crippen LogP contribution >= 0.6 is 0 Å². The zero-order valence-electron chi connectivity index (χ0n) is 10.8. The summed E-state index contributed by atoms with van der Waals surface area (Å²) in [5, 5.41) is 14.0. The van der Waals surface area contributed by atoms with Crippen LogP contribution in [-0.4, -0.2) is 15.4 Å². The fraction of sp³-hybridized carbons (Fsp3) is 0.583. The first kappa shape index (κ1) is 13.4. The van der Waals surface area contributed by atoms with Crippen LogP contribution in [0.1, 0.15) is 39.2 Å². The molecule has 1 rings (SSSR count). The van der Waals surface area contributed by atoms with Gasteiger partial charge in [0.1, 0.15) is 5.82 Å². The van der Waals surface area contributed by atoms with E-state index >= 15 is 0 Å². The summed E-state index contributed by atoms with van der Waals surface area (Å²) in [6.45, 7) is 7.91. The van der Waals surface area contributed by atoms with Crippen LogP contribution < -0.4 is 5.32 Å². The van der Waals surface area contributed by atoms with E-state index in [1.165, 1.54) is 12.3 Å². The van der Waals surface area contributed by atoms with E-state index in [0.29, 0.717) is 11.4 Å². The summed E-state index contributed by atoms with van der Waals surface area (Å²) in [6.07, 6.45) is 3.56. The topological polar surface area (TPSA) is 68.1 Å². The predicted octanol–water partition coefficient (Wildman–Crippen LogP) is 3.29. The minimum absolute atomic E-state index is 0.106. The number of hydrogen-bond donors (Lipinski definition) is 1. The quantitative estimate of drug-likeness (QED) is 0.630. The van der Waals surface area contributed by atoms with Crippen molar-refractivity contribution in [3.8, 4) is 0 Å². The second kappa shape index (κ2) is 5.12. The lowest BCUT2D eigenvalue weighted by Crippen LogP contribution is -2.30. The molecular formula is C12H19N3O2. The number of nitrogens with one attached hydrogen (secondary N) is 1. The molecule has 0 atom stereocenters. The third kappa shape index (κ3) is 3.69. The Balaban J connectivity index is 2.93. The SMILES string of the molecule is CCCC(C)(C)Nc1cc([N+](=O)[O-])c(C)cn1. The maximum Gasteiger partial charge on any atom is 0.277 e. The first-order valence-electron chi connectivity index (χ1n) is 5.75. The number of aryl methyl sites for hydroxylation is 1. The van der Waals surface area contributed by atoms with Crippen LogP contribution in [0.15, 0.2) is 12.3 Å². The van der Waals surface area contributed by atoms with Crippen molar-refractivity contribution >= 4 is 11.5 Å². The molecule has 1 N–H and O–H groups in total. The monoisotopic (exact) mass is 237 g/mol. The van der Waals surface area contributed by atoms with Crippen molar-refractivity contribution in [1.82, 2.24) is 4.98 Å². The lowest BCUT2D eigenvalue weighted by molar-refractivity contribution is -0.385. The zero-order valence-corrected chi connectivity index (χ0v) is 10.8. The summed E-state index contributed by atoms with van der Waals surface area (Å²) in [5.74, 6) is 0.556. The standard InChI is InChI=1S/C12H19N3O2/c1-5-6-12(3,4)14-11-7-10(15(16)17)9(2)8-13-11/h7-8H,5-6H2,1-4H3,(H,13,14). The highest BCUT2D eigenvalue weighted by molar-refractivity contribution is 5.49. The first-order chi connectivity index (χ1) is 7.85. The molecule has 0 bridgehead atoms. The van der Waals surface area contributed by atoms with Gasteiger partial charge >= 0.3 is 0 Å². The molecule has 0 aliphatic rings. The Kier molecular flexibility index (Phi) is 4.04. The molecule has 1 aromatic rings. The van der Waals surface area contributed by atoms with E-state index < -0.39 is 0 Å². The molecule has 0 radical (unpaired) electrons. The molecule has 17 heavy (non-hydrogen) atoms. The van der Waals surface area contributed by atoms with E-state index in [-0.39, 0.29) is 16.1 Å². The van der Waals surface area contributed by atoms with Gasteiger partial charge < -0.3 is 5.32 Å². The Morgan fingerprint density at radius 1 is 1.53 bits per heavy atom. The van der Waals surface area contributed by atoms with Gasteiger partial charge in [0.15, 0.2) is 0 Å². The van der Waals surface area contributed by atoms with E-state index in [1.54, 1.807) is 6.92 Å². The van der Waals surface area contributed by atoms with Crippen molar-refractivity contribution in [2.24, 2.45) is 0 Å². The van der Waals surface area contributed by atoms with Crippen LogP contribution in [0.25, 0.3) is 0 Å². The van der Waals surface area contributed by atoms with Crippen LogP contribution in [0.3, 0.4) is 0 Å². The average molecular weight is 237 g/mol. The lowest BCUT2D eigenvalue weighted by atomic mass is 9.99. The summed E-state index contributed by atoms with van der Waals surface area (Å²) in [4.78, 5) is 14.6. The lowest BCUT2D eigenvalue weighted by Gasteiger charge is -2.26. The third-order valence-corrected chi connectivity index (χ3v) is 2.61. The van der Waals surface area contributed by atoms with E-state index in [1.807, 2.05) is 0 Å². The highest BCUT2D eigenvalue weighted by Gasteiger charge is 2.19. The van der Waals surface area contributed by atoms with Crippen LogP contribution in [0.4, 0.5) is 11.5 Å². The minimum atomic E-state index is -0.380. The molecule has 0 spiro atoms. The van der Waals surface area contributed by atoms with Gasteiger partial charge in [-0.25, -0.2) is 4.98 Å². The maximum absolute atomic E-state index is 10.8. The van der Waals surface area contributed by atoms with Crippen molar-refractivity contribution in [1.29, 1.82) is 0 Å². The normalized spacial score (nSPS) is 11.3. The number of rotatable bonds is 5. The van der Waals surface area contributed by atoms with Gasteiger partial charge in [-0.05, 0) is 27.2 Å². The van der Waals surface area contributed by atoms with Crippen molar-refractivity contribution < 1.29 is 4.92 Å². The molecule has 1 aromatic heterocycles. The second-order valence-corrected chi connectivity index (χ2v) is 4.87. The Morgan fingerprint density at radius 2 is 2.18 bits per heavy atom. The minimum Gasteiger partial charge on any atom is -0.365 e. The van der Waals surface area contributed by atoms with Gasteiger partial charge in [-0.1, -0.05) is 13.3 Å². The summed E-state index contributed by atoms with van der Waals surface area (Å²) >= 11 is 0. The Hall–Kier alpha value is -1.65. The molecule has 0 amide bonds.